The average Bonchev–Trinajstić information content (AvgIpc) is 3.03. The monoisotopic (exact) mass is 406 g/mol. The number of thiazole rings is 1. The number of nitrogens with zero attached hydrogens (tertiary/aromatic N) is 5. The minimum atomic E-state index is 0.296. The summed E-state index contributed by atoms with van der Waals surface area (Å²) in [4.78, 5) is 29.7. The summed E-state index contributed by atoms with van der Waals surface area (Å²) in [7, 11) is 0. The average molecular weight is 407 g/mol. The molecule has 2 fully saturated rings. The molecule has 0 aromatic carbocycles. The molecule has 156 valence electrons. The number of aromatic nitrogens is 1. The van der Waals surface area contributed by atoms with Gasteiger partial charge in [0.2, 0.25) is 5.91 Å². The maximum Gasteiger partial charge on any atom is 0.236 e. The van der Waals surface area contributed by atoms with Gasteiger partial charge in [-0.05, 0) is 40.0 Å². The molecule has 3 rings (SSSR count). The number of aliphatic imine (C=N–C) groups is 1. The zero-order chi connectivity index (χ0) is 19.9. The van der Waals surface area contributed by atoms with Gasteiger partial charge in [0.1, 0.15) is 0 Å². The molecule has 8 heteroatoms. The largest absolute Gasteiger partial charge is 0.357 e. The molecule has 1 aromatic rings. The van der Waals surface area contributed by atoms with Crippen molar-refractivity contribution in [2.45, 2.75) is 46.6 Å². The second-order valence-electron chi connectivity index (χ2n) is 7.62. The summed E-state index contributed by atoms with van der Waals surface area (Å²) in [5, 5.41) is 4.52. The van der Waals surface area contributed by atoms with Crippen LogP contribution in [0, 0.1) is 13.8 Å². The molecule has 28 heavy (non-hydrogen) atoms. The van der Waals surface area contributed by atoms with Crippen molar-refractivity contribution in [3.8, 4) is 0 Å². The second-order valence-corrected chi connectivity index (χ2v) is 8.90. The normalized spacial score (nSPS) is 19.2. The van der Waals surface area contributed by atoms with Crippen LogP contribution in [0.3, 0.4) is 0 Å². The fraction of sp³-hybridized carbons (Fsp3) is 0.750. The van der Waals surface area contributed by atoms with Gasteiger partial charge >= 0.3 is 0 Å². The number of piperidine rings is 1. The van der Waals surface area contributed by atoms with Gasteiger partial charge in [-0.25, -0.2) is 9.98 Å². The topological polar surface area (TPSA) is 64.1 Å². The van der Waals surface area contributed by atoms with Crippen LogP contribution in [0.15, 0.2) is 4.99 Å². The smallest absolute Gasteiger partial charge is 0.236 e. The Hall–Kier alpha value is -1.67. The fourth-order valence-electron chi connectivity index (χ4n) is 3.85. The van der Waals surface area contributed by atoms with Gasteiger partial charge in [-0.15, -0.1) is 11.3 Å². The minimum Gasteiger partial charge on any atom is -0.357 e. The van der Waals surface area contributed by atoms with Crippen LogP contribution in [0.2, 0.25) is 0 Å². The molecular formula is C20H34N6OS. The highest BCUT2D eigenvalue weighted by atomic mass is 32.1. The summed E-state index contributed by atoms with van der Waals surface area (Å²) < 4.78 is 0. The number of likely N-dealkylation sites (tertiary alicyclic amines) is 1. The summed E-state index contributed by atoms with van der Waals surface area (Å²) in [6.45, 7) is 13.8. The molecule has 0 aliphatic carbocycles. The number of aryl methyl sites for hydroxylation is 2. The van der Waals surface area contributed by atoms with E-state index in [2.05, 4.69) is 33.9 Å². The maximum absolute atomic E-state index is 12.5. The van der Waals surface area contributed by atoms with Crippen LogP contribution in [-0.4, -0.2) is 83.9 Å². The molecular weight excluding hydrogens is 372 g/mol. The summed E-state index contributed by atoms with van der Waals surface area (Å²) >= 11 is 1.73. The first kappa shape index (κ1) is 21.0. The molecule has 0 unspecified atom stereocenters. The Morgan fingerprint density at radius 1 is 1.07 bits per heavy atom. The highest BCUT2D eigenvalue weighted by molar-refractivity contribution is 7.11. The highest BCUT2D eigenvalue weighted by Crippen LogP contribution is 2.18. The number of rotatable bonds is 5. The van der Waals surface area contributed by atoms with Gasteiger partial charge in [-0.1, -0.05) is 0 Å². The number of guanidine groups is 1. The van der Waals surface area contributed by atoms with Crippen LogP contribution in [0.25, 0.3) is 0 Å². The lowest BCUT2D eigenvalue weighted by atomic mass is 10.1. The van der Waals surface area contributed by atoms with E-state index in [1.807, 2.05) is 11.8 Å². The van der Waals surface area contributed by atoms with Gasteiger partial charge in [-0.3, -0.25) is 9.69 Å². The quantitative estimate of drug-likeness (QED) is 0.597. The van der Waals surface area contributed by atoms with Crippen molar-refractivity contribution in [3.05, 3.63) is 15.6 Å². The Labute approximate surface area is 172 Å². The molecule has 0 saturated carbocycles. The Morgan fingerprint density at radius 2 is 1.79 bits per heavy atom. The molecule has 7 nitrogen and oxygen atoms in total. The molecule has 1 amide bonds. The number of piperazine rings is 1. The molecule has 1 aromatic heterocycles. The first-order valence-corrected chi connectivity index (χ1v) is 11.3. The number of hydrogen-bond acceptors (Lipinski definition) is 5. The molecule has 0 atom stereocenters. The number of carbonyl (C=O) groups excluding carboxylic acids is 1. The minimum absolute atomic E-state index is 0.296. The van der Waals surface area contributed by atoms with E-state index in [1.54, 1.807) is 11.3 Å². The van der Waals surface area contributed by atoms with Crippen molar-refractivity contribution in [1.82, 2.24) is 25.0 Å². The Balaban J connectivity index is 1.51. The molecule has 1 N–H and O–H groups in total. The Kier molecular flexibility index (Phi) is 7.67. The van der Waals surface area contributed by atoms with Crippen LogP contribution < -0.4 is 5.32 Å². The van der Waals surface area contributed by atoms with E-state index in [1.165, 1.54) is 11.3 Å². The third-order valence-electron chi connectivity index (χ3n) is 5.45. The van der Waals surface area contributed by atoms with E-state index in [4.69, 9.17) is 4.99 Å². The lowest BCUT2D eigenvalue weighted by Gasteiger charge is -2.37. The molecule has 0 radical (unpaired) electrons. The fourth-order valence-corrected chi connectivity index (χ4v) is 4.71. The van der Waals surface area contributed by atoms with Gasteiger partial charge in [0.25, 0.3) is 0 Å². The van der Waals surface area contributed by atoms with Crippen LogP contribution >= 0.6 is 11.3 Å². The zero-order valence-electron chi connectivity index (χ0n) is 17.5. The highest BCUT2D eigenvalue weighted by Gasteiger charge is 2.24. The van der Waals surface area contributed by atoms with E-state index in [-0.39, 0.29) is 0 Å². The van der Waals surface area contributed by atoms with Gasteiger partial charge in [0.05, 0.1) is 23.8 Å². The van der Waals surface area contributed by atoms with Crippen LogP contribution in [0.4, 0.5) is 0 Å². The van der Waals surface area contributed by atoms with E-state index in [0.717, 1.165) is 75.3 Å². The lowest BCUT2D eigenvalue weighted by Crippen LogP contribution is -2.54. The van der Waals surface area contributed by atoms with E-state index >= 15 is 0 Å². The number of nitrogens with one attached hydrogen (secondary N) is 1. The van der Waals surface area contributed by atoms with Gasteiger partial charge in [0.15, 0.2) is 5.96 Å². The Morgan fingerprint density at radius 3 is 2.39 bits per heavy atom. The van der Waals surface area contributed by atoms with E-state index < -0.39 is 0 Å². The standard InChI is InChI=1S/C20H34N6OS/c1-4-21-20(22-14-18-16(2)23-17(3)28-18)26-12-10-24(11-13-26)15-19(27)25-8-6-5-7-9-25/h4-15H2,1-3H3,(H,21,22). The zero-order valence-corrected chi connectivity index (χ0v) is 18.4. The SMILES string of the molecule is CCNC(=NCc1sc(C)nc1C)N1CCN(CC(=O)N2CCCCC2)CC1. The predicted molar refractivity (Wildman–Crippen MR) is 115 cm³/mol. The van der Waals surface area contributed by atoms with Crippen molar-refractivity contribution >= 4 is 23.2 Å². The van der Waals surface area contributed by atoms with E-state index in [9.17, 15) is 4.79 Å². The first-order valence-electron chi connectivity index (χ1n) is 10.5. The lowest BCUT2D eigenvalue weighted by molar-refractivity contribution is -0.133. The molecule has 0 spiro atoms. The third kappa shape index (κ3) is 5.67. The van der Waals surface area contributed by atoms with Gasteiger partial charge in [0, 0.05) is 50.7 Å². The van der Waals surface area contributed by atoms with Crippen molar-refractivity contribution in [1.29, 1.82) is 0 Å². The molecule has 3 heterocycles. The van der Waals surface area contributed by atoms with E-state index in [0.29, 0.717) is 19.0 Å². The molecule has 2 saturated heterocycles. The van der Waals surface area contributed by atoms with Crippen molar-refractivity contribution in [3.63, 3.8) is 0 Å². The van der Waals surface area contributed by atoms with Crippen LogP contribution in [0.5, 0.6) is 0 Å². The van der Waals surface area contributed by atoms with Gasteiger partial charge < -0.3 is 15.1 Å². The maximum atomic E-state index is 12.5. The molecule has 2 aliphatic rings. The summed E-state index contributed by atoms with van der Waals surface area (Å²) in [5.41, 5.74) is 1.09. The van der Waals surface area contributed by atoms with Crippen LogP contribution in [-0.2, 0) is 11.3 Å². The van der Waals surface area contributed by atoms with Crippen molar-refractivity contribution < 1.29 is 4.79 Å². The Bertz CT molecular complexity index is 674. The first-order chi connectivity index (χ1) is 13.6. The molecule has 0 bridgehead atoms. The molecule has 2 aliphatic heterocycles. The number of carbonyl (C=O) groups is 1. The second kappa shape index (κ2) is 10.2. The summed E-state index contributed by atoms with van der Waals surface area (Å²) in [6, 6.07) is 0. The summed E-state index contributed by atoms with van der Waals surface area (Å²) in [6.07, 6.45) is 3.57. The summed E-state index contributed by atoms with van der Waals surface area (Å²) in [5.74, 6) is 1.26. The third-order valence-corrected chi connectivity index (χ3v) is 6.50. The predicted octanol–water partition coefficient (Wildman–Crippen LogP) is 1.86. The van der Waals surface area contributed by atoms with Gasteiger partial charge in [-0.2, -0.15) is 0 Å². The van der Waals surface area contributed by atoms with Crippen molar-refractivity contribution in [2.24, 2.45) is 4.99 Å². The van der Waals surface area contributed by atoms with Crippen molar-refractivity contribution in [2.75, 3.05) is 52.4 Å². The number of amides is 1. The van der Waals surface area contributed by atoms with Crippen LogP contribution in [0.1, 0.15) is 41.8 Å². The number of hydrogen-bond donors (Lipinski definition) is 1.